The lowest BCUT2D eigenvalue weighted by atomic mass is 10.1. The highest BCUT2D eigenvalue weighted by Crippen LogP contribution is 2.15. The number of hydrogen-bond acceptors (Lipinski definition) is 5. The van der Waals surface area contributed by atoms with Crippen LogP contribution in [-0.2, 0) is 37.2 Å². The highest BCUT2D eigenvalue weighted by molar-refractivity contribution is 5.79. The van der Waals surface area contributed by atoms with Gasteiger partial charge >= 0.3 is 0 Å². The molecule has 0 unspecified atom stereocenters. The van der Waals surface area contributed by atoms with Crippen LogP contribution in [-0.4, -0.2) is 49.4 Å². The van der Waals surface area contributed by atoms with Crippen LogP contribution >= 0.6 is 0 Å². The van der Waals surface area contributed by atoms with Gasteiger partial charge in [0.15, 0.2) is 5.96 Å². The van der Waals surface area contributed by atoms with E-state index in [-0.39, 0.29) is 0 Å². The third kappa shape index (κ3) is 6.05. The molecule has 0 aliphatic carbocycles. The molecular formula is C22H33N5O2. The summed E-state index contributed by atoms with van der Waals surface area (Å²) in [7, 11) is 1.79. The van der Waals surface area contributed by atoms with Gasteiger partial charge in [-0.3, -0.25) is 9.89 Å². The lowest BCUT2D eigenvalue weighted by molar-refractivity contribution is 0.0342. The van der Waals surface area contributed by atoms with Gasteiger partial charge in [-0.25, -0.2) is 0 Å². The molecule has 1 aromatic carbocycles. The van der Waals surface area contributed by atoms with Crippen LogP contribution in [0.25, 0.3) is 0 Å². The van der Waals surface area contributed by atoms with Gasteiger partial charge in [0, 0.05) is 51.8 Å². The third-order valence-corrected chi connectivity index (χ3v) is 5.22. The largest absolute Gasteiger partial charge is 0.379 e. The summed E-state index contributed by atoms with van der Waals surface area (Å²) in [5, 5.41) is 11.0. The van der Waals surface area contributed by atoms with Crippen molar-refractivity contribution in [3.63, 3.8) is 0 Å². The van der Waals surface area contributed by atoms with Gasteiger partial charge in [-0.15, -0.1) is 0 Å². The number of nitrogens with one attached hydrogen (secondary N) is 2. The fourth-order valence-corrected chi connectivity index (χ4v) is 3.57. The lowest BCUT2D eigenvalue weighted by Gasteiger charge is -2.26. The summed E-state index contributed by atoms with van der Waals surface area (Å²) < 4.78 is 10.9. The molecule has 0 bridgehead atoms. The summed E-state index contributed by atoms with van der Waals surface area (Å²) in [4.78, 5) is 6.79. The fourth-order valence-electron chi connectivity index (χ4n) is 3.57. The van der Waals surface area contributed by atoms with E-state index in [1.807, 2.05) is 0 Å². The Morgan fingerprint density at radius 2 is 1.86 bits per heavy atom. The molecule has 0 radical (unpaired) electrons. The van der Waals surface area contributed by atoms with Crippen molar-refractivity contribution in [2.75, 3.05) is 33.4 Å². The van der Waals surface area contributed by atoms with Crippen molar-refractivity contribution < 1.29 is 9.26 Å². The van der Waals surface area contributed by atoms with E-state index in [0.717, 1.165) is 75.2 Å². The van der Waals surface area contributed by atoms with Gasteiger partial charge in [0.2, 0.25) is 0 Å². The number of rotatable bonds is 8. The van der Waals surface area contributed by atoms with Gasteiger partial charge in [-0.05, 0) is 17.5 Å². The van der Waals surface area contributed by atoms with E-state index in [1.54, 1.807) is 7.05 Å². The lowest BCUT2D eigenvalue weighted by Crippen LogP contribution is -2.37. The first-order valence-corrected chi connectivity index (χ1v) is 10.5. The van der Waals surface area contributed by atoms with Crippen molar-refractivity contribution in [3.8, 4) is 0 Å². The molecule has 7 heteroatoms. The molecule has 1 aromatic heterocycles. The molecule has 2 aromatic rings. The molecule has 29 heavy (non-hydrogen) atoms. The summed E-state index contributed by atoms with van der Waals surface area (Å²) >= 11 is 0. The third-order valence-electron chi connectivity index (χ3n) is 5.22. The summed E-state index contributed by atoms with van der Waals surface area (Å²) in [6.45, 7) is 10.2. The second kappa shape index (κ2) is 11.0. The number of aromatic nitrogens is 1. The van der Waals surface area contributed by atoms with E-state index >= 15 is 0 Å². The number of ether oxygens (including phenoxy) is 1. The number of guanidine groups is 1. The standard InChI is InChI=1S/C22H33N5O2/c1-4-20-19(21(5-2)29-26-20)15-25-22(23-3)24-14-17-7-6-8-18(13-17)16-27-9-11-28-12-10-27/h6-8,13H,4-5,9-12,14-16H2,1-3H3,(H2,23,24,25). The van der Waals surface area contributed by atoms with Gasteiger partial charge in [0.25, 0.3) is 0 Å². The van der Waals surface area contributed by atoms with E-state index in [1.165, 1.54) is 11.1 Å². The maximum absolute atomic E-state index is 5.44. The van der Waals surface area contributed by atoms with Crippen LogP contribution in [0.15, 0.2) is 33.8 Å². The molecule has 2 heterocycles. The van der Waals surface area contributed by atoms with Crippen molar-refractivity contribution in [1.82, 2.24) is 20.7 Å². The van der Waals surface area contributed by atoms with Gasteiger partial charge in [0.1, 0.15) is 5.76 Å². The first-order valence-electron chi connectivity index (χ1n) is 10.5. The SMILES string of the molecule is CCc1noc(CC)c1CNC(=NC)NCc1cccc(CN2CCOCC2)c1. The number of aryl methyl sites for hydroxylation is 2. The van der Waals surface area contributed by atoms with Crippen molar-refractivity contribution >= 4 is 5.96 Å². The van der Waals surface area contributed by atoms with Crippen molar-refractivity contribution in [3.05, 3.63) is 52.4 Å². The van der Waals surface area contributed by atoms with Crippen LogP contribution in [0.4, 0.5) is 0 Å². The zero-order valence-electron chi connectivity index (χ0n) is 17.8. The second-order valence-corrected chi connectivity index (χ2v) is 7.23. The Morgan fingerprint density at radius 1 is 1.10 bits per heavy atom. The highest BCUT2D eigenvalue weighted by atomic mass is 16.5. The summed E-state index contributed by atoms with van der Waals surface area (Å²) in [6, 6.07) is 8.73. The molecule has 1 fully saturated rings. The number of benzene rings is 1. The minimum atomic E-state index is 0.659. The molecule has 0 spiro atoms. The van der Waals surface area contributed by atoms with E-state index < -0.39 is 0 Å². The van der Waals surface area contributed by atoms with Crippen LogP contribution in [0.1, 0.15) is 42.0 Å². The minimum absolute atomic E-state index is 0.659. The Hall–Kier alpha value is -2.38. The van der Waals surface area contributed by atoms with Crippen LogP contribution in [0, 0.1) is 0 Å². The smallest absolute Gasteiger partial charge is 0.191 e. The Balaban J connectivity index is 1.53. The predicted molar refractivity (Wildman–Crippen MR) is 115 cm³/mol. The molecule has 0 saturated carbocycles. The van der Waals surface area contributed by atoms with Gasteiger partial charge in [0.05, 0.1) is 18.9 Å². The zero-order chi connectivity index (χ0) is 20.5. The Bertz CT molecular complexity index is 775. The quantitative estimate of drug-likeness (QED) is 0.525. The minimum Gasteiger partial charge on any atom is -0.379 e. The number of nitrogens with zero attached hydrogens (tertiary/aromatic N) is 3. The van der Waals surface area contributed by atoms with Crippen LogP contribution in [0.5, 0.6) is 0 Å². The normalized spacial score (nSPS) is 15.5. The van der Waals surface area contributed by atoms with Crippen LogP contribution in [0.3, 0.4) is 0 Å². The molecule has 7 nitrogen and oxygen atoms in total. The fraction of sp³-hybridized carbons (Fsp3) is 0.545. The number of hydrogen-bond donors (Lipinski definition) is 2. The van der Waals surface area contributed by atoms with E-state index in [4.69, 9.17) is 9.26 Å². The van der Waals surface area contributed by atoms with Gasteiger partial charge in [-0.1, -0.05) is 43.3 Å². The molecular weight excluding hydrogens is 366 g/mol. The Morgan fingerprint density at radius 3 is 2.59 bits per heavy atom. The summed E-state index contributed by atoms with van der Waals surface area (Å²) in [6.07, 6.45) is 1.70. The number of morpholine rings is 1. The molecule has 2 N–H and O–H groups in total. The summed E-state index contributed by atoms with van der Waals surface area (Å²) in [5.41, 5.74) is 4.73. The van der Waals surface area contributed by atoms with Gasteiger partial charge < -0.3 is 19.9 Å². The maximum atomic E-state index is 5.44. The van der Waals surface area contributed by atoms with E-state index in [9.17, 15) is 0 Å². The van der Waals surface area contributed by atoms with Crippen molar-refractivity contribution in [1.29, 1.82) is 0 Å². The predicted octanol–water partition coefficient (Wildman–Crippen LogP) is 2.50. The Labute approximate surface area is 173 Å². The summed E-state index contributed by atoms with van der Waals surface area (Å²) in [5.74, 6) is 1.72. The molecule has 1 saturated heterocycles. The van der Waals surface area contributed by atoms with Gasteiger partial charge in [-0.2, -0.15) is 0 Å². The zero-order valence-corrected chi connectivity index (χ0v) is 17.8. The van der Waals surface area contributed by atoms with Crippen molar-refractivity contribution in [2.45, 2.75) is 46.3 Å². The number of aliphatic imine (C=N–C) groups is 1. The molecule has 3 rings (SSSR count). The molecule has 0 amide bonds. The van der Waals surface area contributed by atoms with Crippen LogP contribution in [0.2, 0.25) is 0 Å². The average molecular weight is 400 g/mol. The second-order valence-electron chi connectivity index (χ2n) is 7.23. The van der Waals surface area contributed by atoms with Crippen LogP contribution < -0.4 is 10.6 Å². The monoisotopic (exact) mass is 399 g/mol. The van der Waals surface area contributed by atoms with Crippen molar-refractivity contribution in [2.24, 2.45) is 4.99 Å². The first-order chi connectivity index (χ1) is 14.2. The van der Waals surface area contributed by atoms with E-state index in [0.29, 0.717) is 6.54 Å². The Kier molecular flexibility index (Phi) is 8.07. The topological polar surface area (TPSA) is 74.9 Å². The van der Waals surface area contributed by atoms with E-state index in [2.05, 4.69) is 63.8 Å². The molecule has 1 aliphatic rings. The molecule has 0 atom stereocenters. The maximum Gasteiger partial charge on any atom is 0.191 e. The average Bonchev–Trinajstić information content (AvgIpc) is 3.17. The molecule has 158 valence electrons. The molecule has 1 aliphatic heterocycles. The highest BCUT2D eigenvalue weighted by Gasteiger charge is 2.14. The first kappa shape index (κ1) is 21.3.